The van der Waals surface area contributed by atoms with Gasteiger partial charge in [0.05, 0.1) is 0 Å². The molecule has 15 heavy (non-hydrogen) atoms. The molecule has 0 aromatic carbocycles. The molecule has 84 valence electrons. The second kappa shape index (κ2) is 4.70. The maximum atomic E-state index is 11.5. The number of carboxylic acids is 1. The van der Waals surface area contributed by atoms with Crippen molar-refractivity contribution >= 4 is 23.6 Å². The molecule has 1 unspecified atom stereocenters. The molecular weight excluding hydrogens is 214 g/mol. The molecule has 1 aliphatic rings. The Labute approximate surface area is 93.1 Å². The van der Waals surface area contributed by atoms with Crippen LogP contribution in [0.2, 0.25) is 0 Å². The SMILES string of the molecule is CC(C)=CC(=O)NC1(C(=O)O)CCSC1. The molecule has 1 amide bonds. The molecule has 4 nitrogen and oxygen atoms in total. The lowest BCUT2D eigenvalue weighted by Crippen LogP contribution is -2.54. The minimum atomic E-state index is -1.06. The molecule has 1 atom stereocenters. The smallest absolute Gasteiger partial charge is 0.330 e. The van der Waals surface area contributed by atoms with Gasteiger partial charge >= 0.3 is 5.97 Å². The van der Waals surface area contributed by atoms with E-state index in [1.807, 2.05) is 0 Å². The molecule has 0 aliphatic carbocycles. The Balaban J connectivity index is 2.72. The highest BCUT2D eigenvalue weighted by molar-refractivity contribution is 7.99. The van der Waals surface area contributed by atoms with E-state index in [1.54, 1.807) is 25.6 Å². The number of allylic oxidation sites excluding steroid dienone is 1. The van der Waals surface area contributed by atoms with E-state index in [9.17, 15) is 9.59 Å². The number of carboxylic acid groups (broad SMARTS) is 1. The molecular formula is C10H15NO3S. The van der Waals surface area contributed by atoms with Crippen LogP contribution in [-0.2, 0) is 9.59 Å². The van der Waals surface area contributed by atoms with E-state index >= 15 is 0 Å². The summed E-state index contributed by atoms with van der Waals surface area (Å²) in [6, 6.07) is 0. The molecule has 1 saturated heterocycles. The van der Waals surface area contributed by atoms with Gasteiger partial charge in [-0.15, -0.1) is 0 Å². The molecule has 5 heteroatoms. The maximum Gasteiger partial charge on any atom is 0.330 e. The topological polar surface area (TPSA) is 66.4 Å². The Morgan fingerprint density at radius 1 is 1.47 bits per heavy atom. The first-order chi connectivity index (χ1) is 6.96. The first-order valence-corrected chi connectivity index (χ1v) is 5.90. The third-order valence-corrected chi connectivity index (χ3v) is 3.40. The molecule has 1 fully saturated rings. The number of rotatable bonds is 3. The van der Waals surface area contributed by atoms with Gasteiger partial charge in [0.1, 0.15) is 5.54 Å². The number of carbonyl (C=O) groups excluding carboxylic acids is 1. The van der Waals surface area contributed by atoms with Gasteiger partial charge in [-0.25, -0.2) is 4.79 Å². The third-order valence-electron chi connectivity index (χ3n) is 2.21. The van der Waals surface area contributed by atoms with Crippen LogP contribution in [0.15, 0.2) is 11.6 Å². The van der Waals surface area contributed by atoms with Crippen LogP contribution in [0.25, 0.3) is 0 Å². The third kappa shape index (κ3) is 2.99. The number of carbonyl (C=O) groups is 2. The second-order valence-corrected chi connectivity index (χ2v) is 5.01. The van der Waals surface area contributed by atoms with Crippen molar-refractivity contribution in [2.24, 2.45) is 0 Å². The van der Waals surface area contributed by atoms with Gasteiger partial charge in [-0.3, -0.25) is 4.79 Å². The fourth-order valence-corrected chi connectivity index (χ4v) is 2.75. The first-order valence-electron chi connectivity index (χ1n) is 4.74. The number of thioether (sulfide) groups is 1. The lowest BCUT2D eigenvalue weighted by Gasteiger charge is -2.23. The summed E-state index contributed by atoms with van der Waals surface area (Å²) in [6.45, 7) is 3.60. The summed E-state index contributed by atoms with van der Waals surface area (Å²) in [5.74, 6) is -0.0329. The quantitative estimate of drug-likeness (QED) is 0.709. The van der Waals surface area contributed by atoms with Crippen molar-refractivity contribution in [1.82, 2.24) is 5.32 Å². The second-order valence-electron chi connectivity index (χ2n) is 3.90. The van der Waals surface area contributed by atoms with Crippen LogP contribution in [-0.4, -0.2) is 34.0 Å². The molecule has 0 spiro atoms. The Bertz CT molecular complexity index is 302. The van der Waals surface area contributed by atoms with Gasteiger partial charge in [0, 0.05) is 11.8 Å². The van der Waals surface area contributed by atoms with E-state index in [-0.39, 0.29) is 5.91 Å². The predicted molar refractivity (Wildman–Crippen MR) is 59.9 cm³/mol. The minimum absolute atomic E-state index is 0.320. The molecule has 0 aromatic rings. The van der Waals surface area contributed by atoms with Crippen LogP contribution in [0.5, 0.6) is 0 Å². The highest BCUT2D eigenvalue weighted by Crippen LogP contribution is 2.28. The zero-order valence-corrected chi connectivity index (χ0v) is 9.69. The van der Waals surface area contributed by atoms with Crippen molar-refractivity contribution < 1.29 is 14.7 Å². The predicted octanol–water partition coefficient (Wildman–Crippen LogP) is 1.03. The van der Waals surface area contributed by atoms with Crippen molar-refractivity contribution in [2.75, 3.05) is 11.5 Å². The average molecular weight is 229 g/mol. The monoisotopic (exact) mass is 229 g/mol. The van der Waals surface area contributed by atoms with Crippen LogP contribution in [0.1, 0.15) is 20.3 Å². The van der Waals surface area contributed by atoms with E-state index in [0.717, 1.165) is 11.3 Å². The highest BCUT2D eigenvalue weighted by atomic mass is 32.2. The summed E-state index contributed by atoms with van der Waals surface area (Å²) in [4.78, 5) is 22.6. The largest absolute Gasteiger partial charge is 0.479 e. The zero-order valence-electron chi connectivity index (χ0n) is 8.87. The average Bonchev–Trinajstić information content (AvgIpc) is 2.52. The van der Waals surface area contributed by atoms with Crippen molar-refractivity contribution in [3.05, 3.63) is 11.6 Å². The minimum Gasteiger partial charge on any atom is -0.479 e. The summed E-state index contributed by atoms with van der Waals surface area (Å²) in [5.41, 5.74) is -0.202. The van der Waals surface area contributed by atoms with Crippen molar-refractivity contribution in [3.8, 4) is 0 Å². The maximum absolute atomic E-state index is 11.5. The number of nitrogens with one attached hydrogen (secondary N) is 1. The van der Waals surface area contributed by atoms with Gasteiger partial charge in [0.25, 0.3) is 0 Å². The molecule has 0 bridgehead atoms. The van der Waals surface area contributed by atoms with Crippen LogP contribution in [0.3, 0.4) is 0 Å². The molecule has 0 aromatic heterocycles. The van der Waals surface area contributed by atoms with Crippen LogP contribution in [0, 0.1) is 0 Å². The molecule has 0 saturated carbocycles. The Morgan fingerprint density at radius 3 is 2.53 bits per heavy atom. The summed E-state index contributed by atoms with van der Waals surface area (Å²) >= 11 is 1.55. The van der Waals surface area contributed by atoms with Gasteiger partial charge in [-0.1, -0.05) is 5.57 Å². The molecule has 2 N–H and O–H groups in total. The summed E-state index contributed by atoms with van der Waals surface area (Å²) in [7, 11) is 0. The fraction of sp³-hybridized carbons (Fsp3) is 0.600. The highest BCUT2D eigenvalue weighted by Gasteiger charge is 2.42. The first kappa shape index (κ1) is 12.1. The van der Waals surface area contributed by atoms with E-state index in [2.05, 4.69) is 5.32 Å². The van der Waals surface area contributed by atoms with E-state index < -0.39 is 11.5 Å². The van der Waals surface area contributed by atoms with Gasteiger partial charge in [-0.05, 0) is 26.0 Å². The standard InChI is InChI=1S/C10H15NO3S/c1-7(2)5-8(12)11-10(9(13)14)3-4-15-6-10/h5H,3-4,6H2,1-2H3,(H,11,12)(H,13,14). The Morgan fingerprint density at radius 2 is 2.13 bits per heavy atom. The normalized spacial score (nSPS) is 24.7. The van der Waals surface area contributed by atoms with Gasteiger partial charge in [0.15, 0.2) is 0 Å². The van der Waals surface area contributed by atoms with Gasteiger partial charge < -0.3 is 10.4 Å². The van der Waals surface area contributed by atoms with Crippen molar-refractivity contribution in [1.29, 1.82) is 0 Å². The molecule has 1 rings (SSSR count). The number of amides is 1. The number of hydrogen-bond donors (Lipinski definition) is 2. The van der Waals surface area contributed by atoms with Crippen molar-refractivity contribution in [2.45, 2.75) is 25.8 Å². The van der Waals surface area contributed by atoms with Gasteiger partial charge in [0.2, 0.25) is 5.91 Å². The van der Waals surface area contributed by atoms with E-state index in [0.29, 0.717) is 12.2 Å². The van der Waals surface area contributed by atoms with Crippen molar-refractivity contribution in [3.63, 3.8) is 0 Å². The number of hydrogen-bond acceptors (Lipinski definition) is 3. The summed E-state index contributed by atoms with van der Waals surface area (Å²) in [6.07, 6.45) is 1.92. The fourth-order valence-electron chi connectivity index (χ4n) is 1.42. The van der Waals surface area contributed by atoms with Gasteiger partial charge in [-0.2, -0.15) is 11.8 Å². The van der Waals surface area contributed by atoms with Crippen LogP contribution < -0.4 is 5.32 Å². The van der Waals surface area contributed by atoms with Crippen LogP contribution >= 0.6 is 11.8 Å². The number of aliphatic carboxylic acids is 1. The lowest BCUT2D eigenvalue weighted by atomic mass is 9.99. The summed E-state index contributed by atoms with van der Waals surface area (Å²) < 4.78 is 0. The van der Waals surface area contributed by atoms with E-state index in [4.69, 9.17) is 5.11 Å². The molecule has 1 aliphatic heterocycles. The Hall–Kier alpha value is -0.970. The molecule has 1 heterocycles. The van der Waals surface area contributed by atoms with Crippen LogP contribution in [0.4, 0.5) is 0 Å². The Kier molecular flexibility index (Phi) is 3.79. The van der Waals surface area contributed by atoms with E-state index in [1.165, 1.54) is 6.08 Å². The lowest BCUT2D eigenvalue weighted by molar-refractivity contribution is -0.145. The zero-order chi connectivity index (χ0) is 11.5. The summed E-state index contributed by atoms with van der Waals surface area (Å²) in [5, 5.41) is 11.7. The molecule has 0 radical (unpaired) electrons.